The first-order valence-corrected chi connectivity index (χ1v) is 7.47. The van der Waals surface area contributed by atoms with Crippen LogP contribution in [0.4, 0.5) is 0 Å². The molecular formula is C17H25N3O. The Kier molecular flexibility index (Phi) is 4.47. The predicted octanol–water partition coefficient (Wildman–Crippen LogP) is 4.08. The lowest BCUT2D eigenvalue weighted by Crippen LogP contribution is -2.13. The molecule has 0 aliphatic rings. The highest BCUT2D eigenvalue weighted by Crippen LogP contribution is 2.26. The summed E-state index contributed by atoms with van der Waals surface area (Å²) in [5.41, 5.74) is 8.42. The smallest absolute Gasteiger partial charge is 0.247 e. The third-order valence-corrected chi connectivity index (χ3v) is 3.48. The number of nitrogens with two attached hydrogens (primary N) is 1. The number of nitrogens with zero attached hydrogens (tertiary/aromatic N) is 2. The number of aromatic nitrogens is 2. The van der Waals surface area contributed by atoms with Crippen LogP contribution in [0.25, 0.3) is 11.5 Å². The molecule has 0 amide bonds. The molecule has 0 spiro atoms. The summed E-state index contributed by atoms with van der Waals surface area (Å²) in [7, 11) is 0. The maximum Gasteiger partial charge on any atom is 0.247 e. The van der Waals surface area contributed by atoms with E-state index in [1.54, 1.807) is 0 Å². The topological polar surface area (TPSA) is 64.9 Å². The van der Waals surface area contributed by atoms with Gasteiger partial charge in [0.05, 0.1) is 6.04 Å². The first kappa shape index (κ1) is 15.7. The molecule has 0 saturated heterocycles. The standard InChI is InChI=1S/C17H25N3O/c1-11(2)10-14(18)16-20-19-15(21-16)12-6-8-13(9-7-12)17(3,4)5/h6-9,11,14H,10,18H2,1-5H3. The van der Waals surface area contributed by atoms with Gasteiger partial charge >= 0.3 is 0 Å². The highest BCUT2D eigenvalue weighted by Gasteiger charge is 2.18. The van der Waals surface area contributed by atoms with Crippen molar-refractivity contribution in [3.05, 3.63) is 35.7 Å². The van der Waals surface area contributed by atoms with Gasteiger partial charge in [-0.25, -0.2) is 0 Å². The first-order chi connectivity index (χ1) is 9.77. The third-order valence-electron chi connectivity index (χ3n) is 3.48. The second kappa shape index (κ2) is 5.98. The van der Waals surface area contributed by atoms with Crippen molar-refractivity contribution in [2.24, 2.45) is 11.7 Å². The maximum absolute atomic E-state index is 6.07. The minimum atomic E-state index is -0.194. The monoisotopic (exact) mass is 287 g/mol. The fourth-order valence-electron chi connectivity index (χ4n) is 2.22. The van der Waals surface area contributed by atoms with Gasteiger partial charge in [0.2, 0.25) is 11.8 Å². The molecule has 4 nitrogen and oxygen atoms in total. The van der Waals surface area contributed by atoms with Crippen molar-refractivity contribution < 1.29 is 4.42 Å². The van der Waals surface area contributed by atoms with Crippen molar-refractivity contribution in [1.29, 1.82) is 0 Å². The zero-order chi connectivity index (χ0) is 15.6. The van der Waals surface area contributed by atoms with E-state index < -0.39 is 0 Å². The Morgan fingerprint density at radius 2 is 1.71 bits per heavy atom. The van der Waals surface area contributed by atoms with Crippen LogP contribution >= 0.6 is 0 Å². The Bertz CT molecular complexity index is 579. The summed E-state index contributed by atoms with van der Waals surface area (Å²) in [5.74, 6) is 1.55. The summed E-state index contributed by atoms with van der Waals surface area (Å²) in [6, 6.07) is 8.05. The molecule has 1 atom stereocenters. The second-order valence-corrected chi connectivity index (χ2v) is 7.01. The molecule has 2 rings (SSSR count). The van der Waals surface area contributed by atoms with E-state index in [-0.39, 0.29) is 11.5 Å². The summed E-state index contributed by atoms with van der Waals surface area (Å²) in [6.07, 6.45) is 0.838. The molecule has 2 N–H and O–H groups in total. The van der Waals surface area contributed by atoms with E-state index in [0.29, 0.717) is 17.7 Å². The summed E-state index contributed by atoms with van der Waals surface area (Å²) in [4.78, 5) is 0. The first-order valence-electron chi connectivity index (χ1n) is 7.47. The number of hydrogen-bond donors (Lipinski definition) is 1. The molecular weight excluding hydrogens is 262 g/mol. The van der Waals surface area contributed by atoms with Crippen molar-refractivity contribution in [2.45, 2.75) is 52.5 Å². The molecule has 21 heavy (non-hydrogen) atoms. The van der Waals surface area contributed by atoms with Crippen molar-refractivity contribution >= 4 is 0 Å². The van der Waals surface area contributed by atoms with E-state index in [2.05, 4.69) is 56.9 Å². The van der Waals surface area contributed by atoms with Gasteiger partial charge < -0.3 is 10.2 Å². The molecule has 1 aromatic carbocycles. The second-order valence-electron chi connectivity index (χ2n) is 7.01. The molecule has 0 fully saturated rings. The van der Waals surface area contributed by atoms with Gasteiger partial charge in [-0.1, -0.05) is 46.8 Å². The number of benzene rings is 1. The Morgan fingerprint density at radius 3 is 2.24 bits per heavy atom. The average molecular weight is 287 g/mol. The Balaban J connectivity index is 2.18. The van der Waals surface area contributed by atoms with Crippen LogP contribution in [0.15, 0.2) is 28.7 Å². The lowest BCUT2D eigenvalue weighted by atomic mass is 9.87. The molecule has 0 radical (unpaired) electrons. The number of rotatable bonds is 4. The highest BCUT2D eigenvalue weighted by atomic mass is 16.4. The van der Waals surface area contributed by atoms with Crippen LogP contribution in [0.1, 0.15) is 58.5 Å². The van der Waals surface area contributed by atoms with Crippen LogP contribution in [-0.4, -0.2) is 10.2 Å². The van der Waals surface area contributed by atoms with Gasteiger partial charge in [0.15, 0.2) is 0 Å². The molecule has 114 valence electrons. The predicted molar refractivity (Wildman–Crippen MR) is 84.8 cm³/mol. The van der Waals surface area contributed by atoms with Gasteiger partial charge in [-0.3, -0.25) is 0 Å². The molecule has 0 bridgehead atoms. The van der Waals surface area contributed by atoms with E-state index >= 15 is 0 Å². The minimum absolute atomic E-state index is 0.137. The Labute approximate surface area is 126 Å². The molecule has 0 aliphatic carbocycles. The molecule has 0 aliphatic heterocycles. The largest absolute Gasteiger partial charge is 0.419 e. The van der Waals surface area contributed by atoms with Gasteiger partial charge in [0.25, 0.3) is 0 Å². The molecule has 2 aromatic rings. The van der Waals surface area contributed by atoms with E-state index in [0.717, 1.165) is 12.0 Å². The summed E-state index contributed by atoms with van der Waals surface area (Å²) in [5, 5.41) is 8.19. The Hall–Kier alpha value is -1.68. The maximum atomic E-state index is 6.07. The summed E-state index contributed by atoms with van der Waals surface area (Å²) >= 11 is 0. The molecule has 1 aromatic heterocycles. The summed E-state index contributed by atoms with van der Waals surface area (Å²) < 4.78 is 5.71. The Morgan fingerprint density at radius 1 is 1.10 bits per heavy atom. The zero-order valence-corrected chi connectivity index (χ0v) is 13.6. The van der Waals surface area contributed by atoms with Crippen molar-refractivity contribution in [3.63, 3.8) is 0 Å². The van der Waals surface area contributed by atoms with E-state index in [1.807, 2.05) is 12.1 Å². The minimum Gasteiger partial charge on any atom is -0.419 e. The van der Waals surface area contributed by atoms with Crippen LogP contribution in [0.3, 0.4) is 0 Å². The highest BCUT2D eigenvalue weighted by molar-refractivity contribution is 5.53. The quantitative estimate of drug-likeness (QED) is 0.920. The van der Waals surface area contributed by atoms with Crippen molar-refractivity contribution in [1.82, 2.24) is 10.2 Å². The van der Waals surface area contributed by atoms with Crippen LogP contribution in [0.2, 0.25) is 0 Å². The third kappa shape index (κ3) is 3.91. The van der Waals surface area contributed by atoms with Crippen LogP contribution in [-0.2, 0) is 5.41 Å². The van der Waals surface area contributed by atoms with Gasteiger partial charge in [-0.05, 0) is 35.4 Å². The summed E-state index contributed by atoms with van der Waals surface area (Å²) in [6.45, 7) is 10.8. The average Bonchev–Trinajstić information content (AvgIpc) is 2.86. The molecule has 4 heteroatoms. The lowest BCUT2D eigenvalue weighted by Gasteiger charge is -2.18. The fourth-order valence-corrected chi connectivity index (χ4v) is 2.22. The lowest BCUT2D eigenvalue weighted by molar-refractivity contribution is 0.408. The van der Waals surface area contributed by atoms with E-state index in [9.17, 15) is 0 Å². The van der Waals surface area contributed by atoms with Crippen molar-refractivity contribution in [2.75, 3.05) is 0 Å². The van der Waals surface area contributed by atoms with Gasteiger partial charge in [0.1, 0.15) is 0 Å². The SMILES string of the molecule is CC(C)CC(N)c1nnc(-c2ccc(C(C)(C)C)cc2)o1. The molecule has 1 heterocycles. The van der Waals surface area contributed by atoms with Crippen LogP contribution < -0.4 is 5.73 Å². The normalized spacial score (nSPS) is 13.7. The van der Waals surface area contributed by atoms with Gasteiger partial charge in [0, 0.05) is 5.56 Å². The number of hydrogen-bond acceptors (Lipinski definition) is 4. The van der Waals surface area contributed by atoms with Crippen LogP contribution in [0, 0.1) is 5.92 Å². The zero-order valence-electron chi connectivity index (χ0n) is 13.6. The van der Waals surface area contributed by atoms with E-state index in [4.69, 9.17) is 10.2 Å². The van der Waals surface area contributed by atoms with Gasteiger partial charge in [-0.15, -0.1) is 10.2 Å². The van der Waals surface area contributed by atoms with Gasteiger partial charge in [-0.2, -0.15) is 0 Å². The van der Waals surface area contributed by atoms with Crippen LogP contribution in [0.5, 0.6) is 0 Å². The fraction of sp³-hybridized carbons (Fsp3) is 0.529. The molecule has 0 saturated carbocycles. The van der Waals surface area contributed by atoms with E-state index in [1.165, 1.54) is 5.56 Å². The van der Waals surface area contributed by atoms with Crippen molar-refractivity contribution in [3.8, 4) is 11.5 Å². The molecule has 1 unspecified atom stereocenters.